The summed E-state index contributed by atoms with van der Waals surface area (Å²) in [6.07, 6.45) is 0. The molecule has 0 aliphatic rings. The minimum atomic E-state index is -0.139. The van der Waals surface area contributed by atoms with Crippen LogP contribution in [0.1, 0.15) is 13.8 Å². The van der Waals surface area contributed by atoms with Crippen molar-refractivity contribution < 1.29 is 9.59 Å². The van der Waals surface area contributed by atoms with E-state index in [2.05, 4.69) is 25.3 Å². The average molecular weight is 169 g/mol. The second-order valence-corrected chi connectivity index (χ2v) is 2.30. The molecule has 0 heterocycles. The summed E-state index contributed by atoms with van der Waals surface area (Å²) in [6.45, 7) is 2.78. The predicted molar refractivity (Wildman–Crippen MR) is 44.4 cm³/mol. The zero-order valence-electron chi connectivity index (χ0n) is 5.42. The molecule has 3 nitrogen and oxygen atoms in total. The van der Waals surface area contributed by atoms with Gasteiger partial charge < -0.3 is 6.15 Å². The van der Waals surface area contributed by atoms with Gasteiger partial charge in [-0.05, 0) is 0 Å². The van der Waals surface area contributed by atoms with Gasteiger partial charge in [0.05, 0.1) is 0 Å². The summed E-state index contributed by atoms with van der Waals surface area (Å²) in [5, 5.41) is -0.278. The van der Waals surface area contributed by atoms with Gasteiger partial charge in [-0.15, -0.1) is 25.3 Å². The fraction of sp³-hybridized carbons (Fsp3) is 0.500. The van der Waals surface area contributed by atoms with E-state index in [9.17, 15) is 9.59 Å². The molecule has 0 aromatic rings. The molecule has 9 heavy (non-hydrogen) atoms. The molecule has 0 atom stereocenters. The lowest BCUT2D eigenvalue weighted by molar-refractivity contribution is -0.109. The minimum Gasteiger partial charge on any atom is -0.344 e. The van der Waals surface area contributed by atoms with E-state index in [1.807, 2.05) is 0 Å². The molecule has 3 N–H and O–H groups in total. The van der Waals surface area contributed by atoms with Crippen LogP contribution < -0.4 is 6.15 Å². The first-order valence-electron chi connectivity index (χ1n) is 1.86. The van der Waals surface area contributed by atoms with Crippen molar-refractivity contribution in [2.24, 2.45) is 0 Å². The highest BCUT2D eigenvalue weighted by molar-refractivity contribution is 7.96. The van der Waals surface area contributed by atoms with Crippen LogP contribution in [-0.2, 0) is 9.59 Å². The van der Waals surface area contributed by atoms with Crippen LogP contribution in [0.2, 0.25) is 0 Å². The number of hydrogen-bond acceptors (Lipinski definition) is 3. The molecule has 0 unspecified atom stereocenters. The molecule has 0 bridgehead atoms. The zero-order chi connectivity index (χ0) is 7.15. The third kappa shape index (κ3) is 49400000000000000885473075041140736. The second kappa shape index (κ2) is 10.9. The number of hydrogen-bond donors (Lipinski definition) is 3. The van der Waals surface area contributed by atoms with Crippen LogP contribution in [0.5, 0.6) is 0 Å². The van der Waals surface area contributed by atoms with Crippen molar-refractivity contribution in [2.75, 3.05) is 0 Å². The zero-order valence-corrected chi connectivity index (χ0v) is 7.21. The third-order valence-corrected chi connectivity index (χ3v) is 0. The van der Waals surface area contributed by atoms with Crippen LogP contribution >= 0.6 is 25.3 Å². The lowest BCUT2D eigenvalue weighted by atomic mass is 10.9. The summed E-state index contributed by atoms with van der Waals surface area (Å²) in [7, 11) is 0. The fourth-order valence-electron chi connectivity index (χ4n) is 0. The molecule has 0 rings (SSSR count). The molecule has 0 aliphatic heterocycles. The first-order valence-corrected chi connectivity index (χ1v) is 2.75. The van der Waals surface area contributed by atoms with Gasteiger partial charge in [0.2, 0.25) is 0 Å². The van der Waals surface area contributed by atoms with Crippen LogP contribution in [0.4, 0.5) is 0 Å². The van der Waals surface area contributed by atoms with Crippen molar-refractivity contribution in [3.05, 3.63) is 0 Å². The summed E-state index contributed by atoms with van der Waals surface area (Å²) in [4.78, 5) is 18.6. The Labute approximate surface area is 65.6 Å². The second-order valence-electron chi connectivity index (χ2n) is 1.04. The maximum atomic E-state index is 9.31. The van der Waals surface area contributed by atoms with Crippen molar-refractivity contribution in [3.63, 3.8) is 0 Å². The molecule has 56 valence electrons. The normalized spacial score (nSPS) is 5.78. The Hall–Kier alpha value is -0.0000000000000000763. The lowest BCUT2D eigenvalue weighted by Crippen LogP contribution is -1.62. The minimum absolute atomic E-state index is 0. The Morgan fingerprint density at radius 2 is 1.00 bits per heavy atom. The van der Waals surface area contributed by atoms with Gasteiger partial charge in [-0.1, -0.05) is 0 Å². The predicted octanol–water partition coefficient (Wildman–Crippen LogP) is 1.09. The van der Waals surface area contributed by atoms with E-state index < -0.39 is 0 Å². The van der Waals surface area contributed by atoms with E-state index in [0.717, 1.165) is 0 Å². The molecule has 0 fully saturated rings. The highest BCUT2D eigenvalue weighted by Crippen LogP contribution is 1.66. The third-order valence-electron chi connectivity index (χ3n) is 0. The highest BCUT2D eigenvalue weighted by atomic mass is 32.1. The first kappa shape index (κ1) is 16.0. The van der Waals surface area contributed by atoms with E-state index in [-0.39, 0.29) is 16.4 Å². The van der Waals surface area contributed by atoms with E-state index in [1.54, 1.807) is 0 Å². The van der Waals surface area contributed by atoms with Crippen molar-refractivity contribution in [1.82, 2.24) is 6.15 Å². The Morgan fingerprint density at radius 1 is 1.00 bits per heavy atom. The molecular weight excluding hydrogens is 158 g/mol. The fourth-order valence-corrected chi connectivity index (χ4v) is 0. The molecule has 0 radical (unpaired) electrons. The van der Waals surface area contributed by atoms with E-state index >= 15 is 0 Å². The van der Waals surface area contributed by atoms with Gasteiger partial charge >= 0.3 is 0 Å². The molecular formula is C4H11NO2S2. The highest BCUT2D eigenvalue weighted by Gasteiger charge is 1.64. The summed E-state index contributed by atoms with van der Waals surface area (Å²) >= 11 is 6.65. The van der Waals surface area contributed by atoms with E-state index in [0.29, 0.717) is 0 Å². The topological polar surface area (TPSA) is 69.1 Å². The SMILES string of the molecule is CC(=O)S.CC(=O)S.N. The van der Waals surface area contributed by atoms with Gasteiger partial charge in [0.15, 0.2) is 10.2 Å². The molecule has 0 amide bonds. The molecule has 0 saturated carbocycles. The number of thiol groups is 2. The van der Waals surface area contributed by atoms with Crippen molar-refractivity contribution in [1.29, 1.82) is 0 Å². The van der Waals surface area contributed by atoms with Gasteiger partial charge in [-0.25, -0.2) is 0 Å². The molecule has 0 saturated heterocycles. The monoisotopic (exact) mass is 169 g/mol. The Balaban J connectivity index is -0.0000000720. The van der Waals surface area contributed by atoms with Crippen LogP contribution in [0, 0.1) is 0 Å². The van der Waals surface area contributed by atoms with Gasteiger partial charge in [-0.2, -0.15) is 0 Å². The summed E-state index contributed by atoms with van der Waals surface area (Å²) in [6, 6.07) is 0. The first-order chi connectivity index (χ1) is 3.46. The maximum absolute atomic E-state index is 9.31. The molecule has 0 aromatic heterocycles. The maximum Gasteiger partial charge on any atom is 0.182 e. The van der Waals surface area contributed by atoms with Crippen molar-refractivity contribution >= 4 is 35.5 Å². The number of rotatable bonds is 0. The van der Waals surface area contributed by atoms with E-state index in [4.69, 9.17) is 0 Å². The van der Waals surface area contributed by atoms with Gasteiger partial charge in [0, 0.05) is 13.8 Å². The standard InChI is InChI=1S/2C2H4OS.H3N/c2*1-2(3)4;/h2*1H3,(H,3,4);1H3. The van der Waals surface area contributed by atoms with Gasteiger partial charge in [0.1, 0.15) is 0 Å². The number of carbonyl (C=O) groups is 2. The Bertz CT molecular complexity index is 74.6. The van der Waals surface area contributed by atoms with E-state index in [1.165, 1.54) is 13.8 Å². The van der Waals surface area contributed by atoms with Crippen LogP contribution in [0.15, 0.2) is 0 Å². The quantitative estimate of drug-likeness (QED) is 0.475. The van der Waals surface area contributed by atoms with Gasteiger partial charge in [0.25, 0.3) is 0 Å². The van der Waals surface area contributed by atoms with Gasteiger partial charge in [-0.3, -0.25) is 9.59 Å². The Kier molecular flexibility index (Phi) is 19.4. The van der Waals surface area contributed by atoms with Crippen molar-refractivity contribution in [2.45, 2.75) is 13.8 Å². The van der Waals surface area contributed by atoms with Crippen LogP contribution in [0.3, 0.4) is 0 Å². The average Bonchev–Trinajstić information content (AvgIpc) is 1.25. The molecule has 5 heteroatoms. The van der Waals surface area contributed by atoms with Crippen LogP contribution in [0.25, 0.3) is 0 Å². The molecule has 0 aliphatic carbocycles. The lowest BCUT2D eigenvalue weighted by Gasteiger charge is -1.55. The molecule has 0 spiro atoms. The van der Waals surface area contributed by atoms with Crippen molar-refractivity contribution in [3.8, 4) is 0 Å². The summed E-state index contributed by atoms with van der Waals surface area (Å²) < 4.78 is 0. The Morgan fingerprint density at radius 3 is 1.00 bits per heavy atom. The van der Waals surface area contributed by atoms with Crippen LogP contribution in [-0.4, -0.2) is 10.2 Å². The smallest absolute Gasteiger partial charge is 0.182 e. The summed E-state index contributed by atoms with van der Waals surface area (Å²) in [5.41, 5.74) is 0. The number of carbonyl (C=O) groups excluding carboxylic acids is 2. The molecule has 0 aromatic carbocycles. The summed E-state index contributed by atoms with van der Waals surface area (Å²) in [5.74, 6) is 0. The largest absolute Gasteiger partial charge is 0.344 e.